The Bertz CT molecular complexity index is 442. The van der Waals surface area contributed by atoms with Gasteiger partial charge in [0.05, 0.1) is 11.5 Å². The molecule has 0 unspecified atom stereocenters. The molecule has 2 atom stereocenters. The maximum absolute atomic E-state index is 12.3. The number of carbonyl (C=O) groups excluding carboxylic acids is 1. The Morgan fingerprint density at radius 1 is 1.35 bits per heavy atom. The molecular formula is C16H21BO3. The molecule has 0 spiro atoms. The molecule has 0 N–H and O–H groups in total. The van der Waals surface area contributed by atoms with Crippen LogP contribution >= 0.6 is 0 Å². The van der Waals surface area contributed by atoms with Crippen LogP contribution in [0.25, 0.3) is 0 Å². The number of rotatable bonds is 5. The summed E-state index contributed by atoms with van der Waals surface area (Å²) < 4.78 is 11.3. The highest BCUT2D eigenvalue weighted by Gasteiger charge is 2.48. The maximum Gasteiger partial charge on any atom is 0.312 e. The minimum absolute atomic E-state index is 0.203. The summed E-state index contributed by atoms with van der Waals surface area (Å²) in [7, 11) is 5.87. The fourth-order valence-corrected chi connectivity index (χ4v) is 2.93. The van der Waals surface area contributed by atoms with Gasteiger partial charge in [-0.15, -0.1) is 0 Å². The standard InChI is InChI=1S/C16H21BO3/c1-3-16(4-2)13(10-14(17)20-16)15(18)19-11-12-8-6-5-7-9-12/h5-9,13-14H,3-4,10-11H2,1-2H3/t13-,14-/m1/s1. The van der Waals surface area contributed by atoms with Crippen molar-refractivity contribution in [2.45, 2.75) is 51.3 Å². The molecule has 4 heteroatoms. The third-order valence-electron chi connectivity index (χ3n) is 4.19. The Morgan fingerprint density at radius 2 is 2.00 bits per heavy atom. The lowest BCUT2D eigenvalue weighted by Gasteiger charge is -2.31. The molecule has 1 fully saturated rings. The van der Waals surface area contributed by atoms with Crippen LogP contribution in [0.2, 0.25) is 0 Å². The normalized spacial score (nSPS) is 24.5. The van der Waals surface area contributed by atoms with Gasteiger partial charge in [-0.05, 0) is 24.8 Å². The second-order valence-corrected chi connectivity index (χ2v) is 5.31. The molecule has 0 aliphatic carbocycles. The summed E-state index contributed by atoms with van der Waals surface area (Å²) in [5.74, 6) is -0.471. The molecule has 106 valence electrons. The number of hydrogen-bond acceptors (Lipinski definition) is 3. The molecule has 1 aliphatic rings. The number of esters is 1. The Balaban J connectivity index is 2.01. The van der Waals surface area contributed by atoms with E-state index in [-0.39, 0.29) is 17.9 Å². The van der Waals surface area contributed by atoms with E-state index in [0.29, 0.717) is 13.0 Å². The van der Waals surface area contributed by atoms with Gasteiger partial charge in [0, 0.05) is 6.00 Å². The minimum Gasteiger partial charge on any atom is -0.461 e. The maximum atomic E-state index is 12.3. The molecule has 1 saturated heterocycles. The van der Waals surface area contributed by atoms with E-state index in [1.807, 2.05) is 44.2 Å². The zero-order valence-corrected chi connectivity index (χ0v) is 12.2. The summed E-state index contributed by atoms with van der Waals surface area (Å²) in [5, 5.41) is 0. The molecule has 0 amide bonds. The molecule has 0 aromatic heterocycles. The molecule has 20 heavy (non-hydrogen) atoms. The van der Waals surface area contributed by atoms with Crippen LogP contribution < -0.4 is 0 Å². The fourth-order valence-electron chi connectivity index (χ4n) is 2.93. The van der Waals surface area contributed by atoms with Crippen molar-refractivity contribution in [2.75, 3.05) is 0 Å². The first-order valence-electron chi connectivity index (χ1n) is 7.25. The largest absolute Gasteiger partial charge is 0.461 e. The third-order valence-corrected chi connectivity index (χ3v) is 4.19. The zero-order chi connectivity index (χ0) is 14.6. The van der Waals surface area contributed by atoms with Crippen LogP contribution in [-0.2, 0) is 20.9 Å². The number of ether oxygens (including phenoxy) is 2. The smallest absolute Gasteiger partial charge is 0.312 e. The van der Waals surface area contributed by atoms with Crippen molar-refractivity contribution in [3.63, 3.8) is 0 Å². The first-order valence-corrected chi connectivity index (χ1v) is 7.25. The van der Waals surface area contributed by atoms with Gasteiger partial charge < -0.3 is 9.47 Å². The summed E-state index contributed by atoms with van der Waals surface area (Å²) >= 11 is 0. The van der Waals surface area contributed by atoms with Crippen molar-refractivity contribution in [2.24, 2.45) is 5.92 Å². The van der Waals surface area contributed by atoms with Crippen molar-refractivity contribution < 1.29 is 14.3 Å². The first-order chi connectivity index (χ1) is 9.61. The van der Waals surface area contributed by atoms with Crippen molar-refractivity contribution in [1.29, 1.82) is 0 Å². The molecule has 1 aromatic carbocycles. The van der Waals surface area contributed by atoms with E-state index < -0.39 is 5.60 Å². The zero-order valence-electron chi connectivity index (χ0n) is 12.2. The van der Waals surface area contributed by atoms with Crippen molar-refractivity contribution in [3.05, 3.63) is 35.9 Å². The van der Waals surface area contributed by atoms with E-state index >= 15 is 0 Å². The first kappa shape index (κ1) is 15.1. The lowest BCUT2D eigenvalue weighted by atomic mass is 9.81. The lowest BCUT2D eigenvalue weighted by Crippen LogP contribution is -2.39. The molecule has 0 saturated carbocycles. The lowest BCUT2D eigenvalue weighted by molar-refractivity contribution is -0.157. The van der Waals surface area contributed by atoms with Gasteiger partial charge in [-0.3, -0.25) is 4.79 Å². The summed E-state index contributed by atoms with van der Waals surface area (Å²) in [6, 6.07) is 9.31. The predicted molar refractivity (Wildman–Crippen MR) is 78.3 cm³/mol. The van der Waals surface area contributed by atoms with E-state index in [9.17, 15) is 4.79 Å². The summed E-state index contributed by atoms with van der Waals surface area (Å²) in [5.41, 5.74) is 0.523. The van der Waals surface area contributed by atoms with Crippen LogP contribution in [0.1, 0.15) is 38.7 Å². The van der Waals surface area contributed by atoms with Gasteiger partial charge in [0.1, 0.15) is 14.5 Å². The van der Waals surface area contributed by atoms with Gasteiger partial charge in [-0.25, -0.2) is 0 Å². The Labute approximate surface area is 122 Å². The predicted octanol–water partition coefficient (Wildman–Crippen LogP) is 2.82. The van der Waals surface area contributed by atoms with E-state index in [0.717, 1.165) is 18.4 Å². The van der Waals surface area contributed by atoms with Crippen molar-refractivity contribution in [3.8, 4) is 0 Å². The Kier molecular flexibility index (Phi) is 4.87. The third kappa shape index (κ3) is 3.06. The van der Waals surface area contributed by atoms with Crippen molar-refractivity contribution in [1.82, 2.24) is 0 Å². The second kappa shape index (κ2) is 6.44. The van der Waals surface area contributed by atoms with E-state index in [1.165, 1.54) is 0 Å². The van der Waals surface area contributed by atoms with Gasteiger partial charge in [-0.1, -0.05) is 44.2 Å². The molecule has 0 bridgehead atoms. The number of hydrogen-bond donors (Lipinski definition) is 0. The van der Waals surface area contributed by atoms with Crippen LogP contribution in [0.15, 0.2) is 30.3 Å². The van der Waals surface area contributed by atoms with Crippen molar-refractivity contribution >= 4 is 13.8 Å². The van der Waals surface area contributed by atoms with E-state index in [4.69, 9.17) is 17.3 Å². The highest BCUT2D eigenvalue weighted by molar-refractivity contribution is 6.11. The molecular weight excluding hydrogens is 251 g/mol. The summed E-state index contributed by atoms with van der Waals surface area (Å²) in [6.45, 7) is 4.35. The summed E-state index contributed by atoms with van der Waals surface area (Å²) in [4.78, 5) is 12.3. The molecule has 2 rings (SSSR count). The SMILES string of the molecule is [B][C@H]1C[C@H](C(=O)OCc2ccccc2)C(CC)(CC)O1. The molecule has 2 radical (unpaired) electrons. The van der Waals surface area contributed by atoms with E-state index in [1.54, 1.807) is 0 Å². The van der Waals surface area contributed by atoms with E-state index in [2.05, 4.69) is 0 Å². The fraction of sp³-hybridized carbons (Fsp3) is 0.562. The van der Waals surface area contributed by atoms with Gasteiger partial charge in [0.2, 0.25) is 0 Å². The topological polar surface area (TPSA) is 35.5 Å². The average Bonchev–Trinajstić information content (AvgIpc) is 2.83. The highest BCUT2D eigenvalue weighted by Crippen LogP contribution is 2.41. The van der Waals surface area contributed by atoms with Gasteiger partial charge in [-0.2, -0.15) is 0 Å². The van der Waals surface area contributed by atoms with Gasteiger partial charge >= 0.3 is 5.97 Å². The molecule has 3 nitrogen and oxygen atoms in total. The average molecular weight is 272 g/mol. The Hall–Kier alpha value is -1.29. The van der Waals surface area contributed by atoms with Crippen LogP contribution in [0, 0.1) is 5.92 Å². The molecule has 1 heterocycles. The quantitative estimate of drug-likeness (QED) is 0.610. The molecule has 1 aliphatic heterocycles. The van der Waals surface area contributed by atoms with Gasteiger partial charge in [0.25, 0.3) is 0 Å². The van der Waals surface area contributed by atoms with Crippen LogP contribution in [0.3, 0.4) is 0 Å². The molecule has 1 aromatic rings. The number of carbonyl (C=O) groups is 1. The number of benzene rings is 1. The minimum atomic E-state index is -0.465. The van der Waals surface area contributed by atoms with Crippen LogP contribution in [0.4, 0.5) is 0 Å². The Morgan fingerprint density at radius 3 is 2.60 bits per heavy atom. The van der Waals surface area contributed by atoms with Gasteiger partial charge in [0.15, 0.2) is 0 Å². The van der Waals surface area contributed by atoms with Crippen LogP contribution in [-0.4, -0.2) is 25.4 Å². The summed E-state index contributed by atoms with van der Waals surface area (Å²) in [6.07, 6.45) is 2.07. The highest BCUT2D eigenvalue weighted by atomic mass is 16.5. The monoisotopic (exact) mass is 272 g/mol. The van der Waals surface area contributed by atoms with Crippen LogP contribution in [0.5, 0.6) is 0 Å². The second-order valence-electron chi connectivity index (χ2n) is 5.31.